The van der Waals surface area contributed by atoms with E-state index < -0.39 is 11.5 Å². The van der Waals surface area contributed by atoms with E-state index in [4.69, 9.17) is 0 Å². The first-order valence-corrected chi connectivity index (χ1v) is 3.03. The van der Waals surface area contributed by atoms with Crippen LogP contribution in [-0.2, 0) is 0 Å². The summed E-state index contributed by atoms with van der Waals surface area (Å²) in [5.41, 5.74) is -1.67. The monoisotopic (exact) mass is 142 g/mol. The molecular formula is C8H8F2. The molecule has 0 bridgehead atoms. The molecule has 54 valence electrons. The zero-order chi connectivity index (χ0) is 7.61. The quantitative estimate of drug-likeness (QED) is 0.494. The lowest BCUT2D eigenvalue weighted by Crippen LogP contribution is -2.17. The molecule has 0 amide bonds. The summed E-state index contributed by atoms with van der Waals surface area (Å²) in [4.78, 5) is 0. The maximum Gasteiger partial charge on any atom is 0.153 e. The van der Waals surface area contributed by atoms with Crippen molar-refractivity contribution in [2.75, 3.05) is 0 Å². The molecule has 0 fully saturated rings. The van der Waals surface area contributed by atoms with Crippen LogP contribution in [-0.4, -0.2) is 5.67 Å². The van der Waals surface area contributed by atoms with Crippen molar-refractivity contribution < 1.29 is 8.78 Å². The molecule has 0 N–H and O–H groups in total. The molecule has 0 nitrogen and oxygen atoms in total. The Hall–Kier alpha value is -0.920. The van der Waals surface area contributed by atoms with Crippen LogP contribution >= 0.6 is 0 Å². The van der Waals surface area contributed by atoms with Gasteiger partial charge in [0.2, 0.25) is 0 Å². The third-order valence-corrected chi connectivity index (χ3v) is 1.43. The number of allylic oxidation sites excluding steroid dienone is 5. The van der Waals surface area contributed by atoms with E-state index in [-0.39, 0.29) is 6.42 Å². The zero-order valence-electron chi connectivity index (χ0n) is 5.48. The van der Waals surface area contributed by atoms with Gasteiger partial charge in [-0.15, -0.1) is 0 Å². The van der Waals surface area contributed by atoms with Gasteiger partial charge in [0.15, 0.2) is 5.67 Å². The Labute approximate surface area is 58.6 Å². The van der Waals surface area contributed by atoms with Gasteiger partial charge in [-0.1, -0.05) is 18.7 Å². The maximum absolute atomic E-state index is 13.1. The van der Waals surface area contributed by atoms with Crippen LogP contribution < -0.4 is 0 Å². The highest BCUT2D eigenvalue weighted by Gasteiger charge is 2.25. The van der Waals surface area contributed by atoms with Gasteiger partial charge < -0.3 is 0 Å². The largest absolute Gasteiger partial charge is 0.234 e. The SMILES string of the molecule is C=CC1(F)C=CC=C(F)C1. The molecule has 1 aliphatic carbocycles. The number of hydrogen-bond acceptors (Lipinski definition) is 0. The standard InChI is InChI=1S/C8H8F2/c1-2-8(10)5-3-4-7(9)6-8/h2-5H,1,6H2. The van der Waals surface area contributed by atoms with Gasteiger partial charge in [0.1, 0.15) is 5.83 Å². The van der Waals surface area contributed by atoms with Crippen molar-refractivity contribution in [1.29, 1.82) is 0 Å². The van der Waals surface area contributed by atoms with Crippen LogP contribution in [0.1, 0.15) is 6.42 Å². The van der Waals surface area contributed by atoms with Crippen LogP contribution in [0, 0.1) is 0 Å². The summed E-state index contributed by atoms with van der Waals surface area (Å²) < 4.78 is 25.5. The molecule has 0 aromatic carbocycles. The predicted molar refractivity (Wildman–Crippen MR) is 37.0 cm³/mol. The van der Waals surface area contributed by atoms with Crippen LogP contribution in [0.15, 0.2) is 36.7 Å². The van der Waals surface area contributed by atoms with Crippen molar-refractivity contribution in [3.63, 3.8) is 0 Å². The van der Waals surface area contributed by atoms with Crippen molar-refractivity contribution in [3.8, 4) is 0 Å². The Bertz CT molecular complexity index is 203. The first-order valence-electron chi connectivity index (χ1n) is 3.03. The van der Waals surface area contributed by atoms with E-state index in [1.807, 2.05) is 0 Å². The minimum atomic E-state index is -1.67. The average Bonchev–Trinajstić information content (AvgIpc) is 1.88. The van der Waals surface area contributed by atoms with E-state index in [1.54, 1.807) is 0 Å². The normalized spacial score (nSPS) is 31.6. The molecule has 0 spiro atoms. The summed E-state index contributed by atoms with van der Waals surface area (Å²) in [7, 11) is 0. The molecule has 1 rings (SSSR count). The minimum Gasteiger partial charge on any atom is -0.234 e. The van der Waals surface area contributed by atoms with Crippen LogP contribution in [0.3, 0.4) is 0 Å². The zero-order valence-corrected chi connectivity index (χ0v) is 5.48. The third-order valence-electron chi connectivity index (χ3n) is 1.43. The summed E-state index contributed by atoms with van der Waals surface area (Å²) >= 11 is 0. The van der Waals surface area contributed by atoms with Crippen molar-refractivity contribution in [2.45, 2.75) is 12.1 Å². The van der Waals surface area contributed by atoms with Crippen molar-refractivity contribution >= 4 is 0 Å². The van der Waals surface area contributed by atoms with Gasteiger partial charge in [-0.05, 0) is 12.2 Å². The molecule has 0 aromatic rings. The molecule has 0 saturated heterocycles. The lowest BCUT2D eigenvalue weighted by Gasteiger charge is -2.17. The molecule has 0 heterocycles. The summed E-state index contributed by atoms with van der Waals surface area (Å²) in [6.45, 7) is 3.27. The Kier molecular flexibility index (Phi) is 1.70. The fourth-order valence-corrected chi connectivity index (χ4v) is 0.829. The number of alkyl halides is 1. The van der Waals surface area contributed by atoms with Crippen LogP contribution in [0.25, 0.3) is 0 Å². The van der Waals surface area contributed by atoms with Gasteiger partial charge in [-0.25, -0.2) is 8.78 Å². The van der Waals surface area contributed by atoms with Crippen LogP contribution in [0.5, 0.6) is 0 Å². The third kappa shape index (κ3) is 1.32. The second-order valence-corrected chi connectivity index (χ2v) is 2.28. The Balaban J connectivity index is 2.80. The Morgan fingerprint density at radius 1 is 1.70 bits per heavy atom. The van der Waals surface area contributed by atoms with Crippen molar-refractivity contribution in [3.05, 3.63) is 36.7 Å². The Morgan fingerprint density at radius 3 is 2.80 bits per heavy atom. The minimum absolute atomic E-state index is 0.215. The van der Waals surface area contributed by atoms with Gasteiger partial charge in [-0.2, -0.15) is 0 Å². The van der Waals surface area contributed by atoms with Gasteiger partial charge in [0, 0.05) is 6.42 Å². The van der Waals surface area contributed by atoms with E-state index >= 15 is 0 Å². The Morgan fingerprint density at radius 2 is 2.40 bits per heavy atom. The molecule has 10 heavy (non-hydrogen) atoms. The summed E-state index contributed by atoms with van der Waals surface area (Å²) in [6, 6.07) is 0. The number of rotatable bonds is 1. The maximum atomic E-state index is 13.1. The number of hydrogen-bond donors (Lipinski definition) is 0. The number of halogens is 2. The lowest BCUT2D eigenvalue weighted by molar-refractivity contribution is 0.277. The topological polar surface area (TPSA) is 0 Å². The molecule has 0 aromatic heterocycles. The fraction of sp³-hybridized carbons (Fsp3) is 0.250. The molecule has 1 atom stereocenters. The van der Waals surface area contributed by atoms with Gasteiger partial charge >= 0.3 is 0 Å². The van der Waals surface area contributed by atoms with Gasteiger partial charge in [0.05, 0.1) is 0 Å². The van der Waals surface area contributed by atoms with E-state index in [0.717, 1.165) is 6.08 Å². The van der Waals surface area contributed by atoms with E-state index in [9.17, 15) is 8.78 Å². The van der Waals surface area contributed by atoms with Crippen LogP contribution in [0.4, 0.5) is 8.78 Å². The fourth-order valence-electron chi connectivity index (χ4n) is 0.829. The van der Waals surface area contributed by atoms with Gasteiger partial charge in [-0.3, -0.25) is 0 Å². The summed E-state index contributed by atoms with van der Waals surface area (Å²) in [5.74, 6) is -0.440. The molecular weight excluding hydrogens is 134 g/mol. The van der Waals surface area contributed by atoms with E-state index in [0.29, 0.717) is 0 Å². The van der Waals surface area contributed by atoms with Crippen molar-refractivity contribution in [1.82, 2.24) is 0 Å². The first-order chi connectivity index (χ1) is 4.66. The molecule has 0 radical (unpaired) electrons. The van der Waals surface area contributed by atoms with E-state index in [2.05, 4.69) is 6.58 Å². The lowest BCUT2D eigenvalue weighted by atomic mass is 9.97. The van der Waals surface area contributed by atoms with Crippen molar-refractivity contribution in [2.24, 2.45) is 0 Å². The van der Waals surface area contributed by atoms with Crippen LogP contribution in [0.2, 0.25) is 0 Å². The molecule has 2 heteroatoms. The molecule has 0 saturated carbocycles. The average molecular weight is 142 g/mol. The highest BCUT2D eigenvalue weighted by molar-refractivity contribution is 5.26. The molecule has 1 aliphatic rings. The smallest absolute Gasteiger partial charge is 0.153 e. The molecule has 1 unspecified atom stereocenters. The van der Waals surface area contributed by atoms with Gasteiger partial charge in [0.25, 0.3) is 0 Å². The summed E-state index contributed by atoms with van der Waals surface area (Å²) in [6.07, 6.45) is 4.80. The van der Waals surface area contributed by atoms with E-state index in [1.165, 1.54) is 18.2 Å². The predicted octanol–water partition coefficient (Wildman–Crippen LogP) is 2.69. The summed E-state index contributed by atoms with van der Waals surface area (Å²) in [5, 5.41) is 0. The molecule has 0 aliphatic heterocycles. The second-order valence-electron chi connectivity index (χ2n) is 2.28. The first kappa shape index (κ1) is 7.19. The second kappa shape index (κ2) is 2.37. The highest BCUT2D eigenvalue weighted by Crippen LogP contribution is 2.28. The highest BCUT2D eigenvalue weighted by atomic mass is 19.1.